The molecule has 3 aliphatic rings. The number of benzene rings is 2. The summed E-state index contributed by atoms with van der Waals surface area (Å²) in [6, 6.07) is 14.5. The zero-order valence-electron chi connectivity index (χ0n) is 39.4. The summed E-state index contributed by atoms with van der Waals surface area (Å²) in [4.78, 5) is 60.6. The first-order chi connectivity index (χ1) is 31.6. The number of isocyanates is 1. The van der Waals surface area contributed by atoms with E-state index in [2.05, 4.69) is 25.6 Å². The highest BCUT2D eigenvalue weighted by Gasteiger charge is 2.32. The van der Waals surface area contributed by atoms with E-state index < -0.39 is 35.0 Å². The summed E-state index contributed by atoms with van der Waals surface area (Å²) in [7, 11) is 0. The lowest BCUT2D eigenvalue weighted by Gasteiger charge is -2.24. The summed E-state index contributed by atoms with van der Waals surface area (Å²) in [5.74, 6) is -0.342. The van der Waals surface area contributed by atoms with Gasteiger partial charge in [-0.05, 0) is 105 Å². The molecule has 2 aromatic carbocycles. The van der Waals surface area contributed by atoms with Gasteiger partial charge in [-0.25, -0.2) is 28.0 Å². The van der Waals surface area contributed by atoms with Crippen LogP contribution in [0.2, 0.25) is 0 Å². The lowest BCUT2D eigenvalue weighted by molar-refractivity contribution is 0.0266. The number of ether oxygens (including phenoxy) is 5. The standard InChI is InChI=1S/C22H27FN4O4.C15H21FN2O3.C7H6N2O.C4H8O.2CH4/c1-14-5-6-16(12-24-14)25-20(28)26-17-9-15(23)10-19(11-17)30-18-7-8-27(13-18)21(29)31-22(2,3)4;1-15(2,3)21-14(19)18-5-4-12(9-18)20-13-7-10(16)6-11(17)8-13;1-6-2-3-7(4-8-6)9-5-10;1-2-4-5-3-1;;/h5-6,9-12,18H,7-8,13H2,1-4H3,(H2,25,26,28);6-8,12H,4-5,9,17H2,1-3H3;2-4H,1H3;1-4H2;2*1H4/t18-;12-;;;;/m11..../s1. The molecule has 3 saturated heterocycles. The molecule has 4 N–H and O–H groups in total. The van der Waals surface area contributed by atoms with E-state index in [1.165, 1.54) is 61.6 Å². The van der Waals surface area contributed by atoms with Crippen LogP contribution in [0.1, 0.15) is 93.5 Å². The molecule has 7 rings (SSSR count). The maximum absolute atomic E-state index is 14.1. The molecule has 0 aliphatic carbocycles. The van der Waals surface area contributed by atoms with Gasteiger partial charge in [0.1, 0.15) is 46.5 Å². The van der Waals surface area contributed by atoms with Crippen LogP contribution in [0.5, 0.6) is 11.5 Å². The van der Waals surface area contributed by atoms with Crippen molar-refractivity contribution in [2.75, 3.05) is 55.8 Å². The van der Waals surface area contributed by atoms with Crippen molar-refractivity contribution in [2.24, 2.45) is 4.99 Å². The van der Waals surface area contributed by atoms with E-state index in [1.54, 1.807) is 40.1 Å². The van der Waals surface area contributed by atoms with E-state index in [0.717, 1.165) is 24.6 Å². The van der Waals surface area contributed by atoms with Gasteiger partial charge in [-0.3, -0.25) is 9.97 Å². The van der Waals surface area contributed by atoms with Crippen LogP contribution in [0.25, 0.3) is 0 Å². The first kappa shape index (κ1) is 58.3. The Hall–Kier alpha value is -6.85. The minimum atomic E-state index is -0.575. The van der Waals surface area contributed by atoms with Crippen molar-refractivity contribution in [3.05, 3.63) is 96.1 Å². The molecule has 4 amide bonds. The van der Waals surface area contributed by atoms with Crippen LogP contribution in [0.4, 0.5) is 45.9 Å². The third-order valence-corrected chi connectivity index (χ3v) is 9.29. The average molecular weight is 965 g/mol. The zero-order chi connectivity index (χ0) is 49.1. The summed E-state index contributed by atoms with van der Waals surface area (Å²) >= 11 is 0. The highest BCUT2D eigenvalue weighted by Crippen LogP contribution is 2.26. The number of hydrogen-bond acceptors (Lipinski definition) is 13. The number of amides is 4. The fourth-order valence-electron chi connectivity index (χ4n) is 6.30. The van der Waals surface area contributed by atoms with Crippen molar-refractivity contribution in [3.63, 3.8) is 0 Å². The Labute approximate surface area is 405 Å². The minimum Gasteiger partial charge on any atom is -0.488 e. The predicted octanol–water partition coefficient (Wildman–Crippen LogP) is 10.8. The number of carbonyl (C=O) groups is 3. The van der Waals surface area contributed by atoms with Gasteiger partial charge in [0, 0.05) is 86.2 Å². The van der Waals surface area contributed by atoms with Gasteiger partial charge in [0.05, 0.1) is 36.9 Å². The zero-order valence-corrected chi connectivity index (χ0v) is 39.4. The van der Waals surface area contributed by atoms with Crippen LogP contribution >= 0.6 is 0 Å². The van der Waals surface area contributed by atoms with Gasteiger partial charge in [-0.1, -0.05) is 14.9 Å². The molecular weight excluding hydrogens is 895 g/mol. The van der Waals surface area contributed by atoms with E-state index in [0.29, 0.717) is 61.8 Å². The van der Waals surface area contributed by atoms with Gasteiger partial charge < -0.3 is 49.9 Å². The van der Waals surface area contributed by atoms with Crippen LogP contribution in [0.15, 0.2) is 78.0 Å². The number of nitrogen functional groups attached to an aromatic ring is 1. The molecule has 17 nitrogen and oxygen atoms in total. The molecule has 0 unspecified atom stereocenters. The van der Waals surface area contributed by atoms with E-state index in [-0.39, 0.29) is 44.6 Å². The predicted molar refractivity (Wildman–Crippen MR) is 263 cm³/mol. The number of rotatable bonds is 7. The smallest absolute Gasteiger partial charge is 0.410 e. The normalized spacial score (nSPS) is 15.9. The number of urea groups is 1. The quantitative estimate of drug-likeness (QED) is 0.0898. The second-order valence-corrected chi connectivity index (χ2v) is 17.8. The Morgan fingerprint density at radius 2 is 1.22 bits per heavy atom. The van der Waals surface area contributed by atoms with Crippen molar-refractivity contribution >= 4 is 47.0 Å². The molecule has 2 atom stereocenters. The molecule has 4 aromatic rings. The molecule has 0 radical (unpaired) electrons. The van der Waals surface area contributed by atoms with E-state index >= 15 is 0 Å². The Morgan fingerprint density at radius 1 is 0.725 bits per heavy atom. The first-order valence-corrected chi connectivity index (χ1v) is 21.9. The fourth-order valence-corrected chi connectivity index (χ4v) is 6.30. The fraction of sp³-hybridized carbons (Fsp3) is 0.480. The Kier molecular flexibility index (Phi) is 23.5. The molecule has 69 heavy (non-hydrogen) atoms. The molecule has 3 aliphatic heterocycles. The summed E-state index contributed by atoms with van der Waals surface area (Å²) < 4.78 is 54.5. The van der Waals surface area contributed by atoms with Gasteiger partial charge in [0.25, 0.3) is 0 Å². The van der Waals surface area contributed by atoms with Crippen molar-refractivity contribution in [1.29, 1.82) is 0 Å². The minimum absolute atomic E-state index is 0. The number of carbonyl (C=O) groups excluding carboxylic acids is 4. The molecule has 5 heterocycles. The topological polar surface area (TPSA) is 209 Å². The summed E-state index contributed by atoms with van der Waals surface area (Å²) in [5, 5.41) is 5.21. The van der Waals surface area contributed by atoms with Crippen molar-refractivity contribution in [1.82, 2.24) is 19.8 Å². The van der Waals surface area contributed by atoms with E-state index in [4.69, 9.17) is 29.4 Å². The molecule has 19 heteroatoms. The molecule has 0 bridgehead atoms. The van der Waals surface area contributed by atoms with E-state index in [9.17, 15) is 28.0 Å². The Morgan fingerprint density at radius 3 is 1.65 bits per heavy atom. The second-order valence-electron chi connectivity index (χ2n) is 17.8. The first-order valence-electron chi connectivity index (χ1n) is 21.9. The highest BCUT2D eigenvalue weighted by molar-refractivity contribution is 5.99. The van der Waals surface area contributed by atoms with Gasteiger partial charge in [0.2, 0.25) is 6.08 Å². The van der Waals surface area contributed by atoms with Crippen LogP contribution in [-0.2, 0) is 19.0 Å². The number of nitrogens with one attached hydrogen (secondary N) is 2. The van der Waals surface area contributed by atoms with E-state index in [1.807, 2.05) is 55.4 Å². The van der Waals surface area contributed by atoms with Crippen molar-refractivity contribution < 1.29 is 51.6 Å². The number of aryl methyl sites for hydroxylation is 2. The Balaban J connectivity index is 0.000000367. The largest absolute Gasteiger partial charge is 0.488 e. The number of anilines is 3. The van der Waals surface area contributed by atoms with Crippen molar-refractivity contribution in [2.45, 2.75) is 119 Å². The number of nitrogens with two attached hydrogens (primary N) is 1. The molecule has 2 aromatic heterocycles. The lowest BCUT2D eigenvalue weighted by Crippen LogP contribution is -2.36. The van der Waals surface area contributed by atoms with Crippen LogP contribution in [-0.4, -0.2) is 107 Å². The van der Waals surface area contributed by atoms with Crippen LogP contribution in [0.3, 0.4) is 0 Å². The molecule has 3 fully saturated rings. The van der Waals surface area contributed by atoms with Crippen LogP contribution < -0.4 is 25.8 Å². The maximum Gasteiger partial charge on any atom is 0.410 e. The number of hydrogen-bond donors (Lipinski definition) is 3. The summed E-state index contributed by atoms with van der Waals surface area (Å²) in [6.07, 6.45) is 7.10. The van der Waals surface area contributed by atoms with Gasteiger partial charge in [-0.2, -0.15) is 4.99 Å². The SMILES string of the molecule is C.C.C1CCOC1.CC(C)(C)OC(=O)N1CC[C@@H](Oc2cc(N)cc(F)c2)C1.Cc1ccc(N=C=O)cn1.Cc1ccc(NC(=O)Nc2cc(F)cc(O[C@@H]3CCN(C(=O)OC(C)(C)C)C3)c2)cn1. The van der Waals surface area contributed by atoms with Crippen LogP contribution in [0, 0.1) is 25.5 Å². The number of halogens is 2. The molecule has 0 spiro atoms. The third-order valence-electron chi connectivity index (χ3n) is 9.29. The van der Waals surface area contributed by atoms with Gasteiger partial charge in [-0.15, -0.1) is 0 Å². The Bertz CT molecular complexity index is 2250. The lowest BCUT2D eigenvalue weighted by atomic mass is 10.2. The highest BCUT2D eigenvalue weighted by atomic mass is 19.1. The third kappa shape index (κ3) is 22.7. The molecule has 378 valence electrons. The molecule has 0 saturated carbocycles. The average Bonchev–Trinajstić information content (AvgIpc) is 4.04. The number of nitrogens with zero attached hydrogens (tertiary/aromatic N) is 5. The van der Waals surface area contributed by atoms with Gasteiger partial charge >= 0.3 is 18.2 Å². The van der Waals surface area contributed by atoms with Gasteiger partial charge in [0.15, 0.2) is 0 Å². The number of likely N-dealkylation sites (tertiary alicyclic amines) is 2. The molecular formula is C50H70F2N8O9. The summed E-state index contributed by atoms with van der Waals surface area (Å²) in [5.41, 5.74) is 7.83. The summed E-state index contributed by atoms with van der Waals surface area (Å²) in [6.45, 7) is 18.4. The number of aliphatic imine (C=N–C) groups is 1. The second kappa shape index (κ2) is 27.8. The maximum atomic E-state index is 14.1. The monoisotopic (exact) mass is 965 g/mol. The van der Waals surface area contributed by atoms with Crippen molar-refractivity contribution in [3.8, 4) is 11.5 Å². The number of aromatic nitrogens is 2. The number of pyridine rings is 2.